The fourth-order valence-electron chi connectivity index (χ4n) is 3.57. The molecule has 4 rings (SSSR count). The van der Waals surface area contributed by atoms with Gasteiger partial charge in [0.2, 0.25) is 5.91 Å². The summed E-state index contributed by atoms with van der Waals surface area (Å²) in [5, 5.41) is 14.0. The summed E-state index contributed by atoms with van der Waals surface area (Å²) in [6.07, 6.45) is 0. The Morgan fingerprint density at radius 3 is 2.27 bits per heavy atom. The van der Waals surface area contributed by atoms with E-state index in [0.29, 0.717) is 16.3 Å². The third-order valence-corrected chi connectivity index (χ3v) is 6.25. The molecule has 1 amide bonds. The maximum absolute atomic E-state index is 13.3. The van der Waals surface area contributed by atoms with Crippen LogP contribution in [0.25, 0.3) is 22.0 Å². The normalized spacial score (nSPS) is 11.8. The van der Waals surface area contributed by atoms with Crippen LogP contribution in [0.15, 0.2) is 77.8 Å². The molecule has 1 heterocycles. The summed E-state index contributed by atoms with van der Waals surface area (Å²) >= 11 is 1.34. The molecule has 0 aliphatic rings. The van der Waals surface area contributed by atoms with E-state index >= 15 is 0 Å². The van der Waals surface area contributed by atoms with E-state index in [2.05, 4.69) is 15.5 Å². The SMILES string of the molecule is CC(=O)NC(C)c1ccc(C(=O)CSc2nnc(-c3ccc(F)cc3)c3ccccc23)cc1. The number of carbonyl (C=O) groups is 2. The van der Waals surface area contributed by atoms with E-state index in [0.717, 1.165) is 21.9 Å². The van der Waals surface area contributed by atoms with Crippen molar-refractivity contribution in [2.24, 2.45) is 0 Å². The van der Waals surface area contributed by atoms with E-state index < -0.39 is 0 Å². The van der Waals surface area contributed by atoms with Crippen molar-refractivity contribution >= 4 is 34.2 Å². The van der Waals surface area contributed by atoms with Gasteiger partial charge in [0.05, 0.1) is 11.8 Å². The van der Waals surface area contributed by atoms with Gasteiger partial charge < -0.3 is 5.32 Å². The zero-order valence-corrected chi connectivity index (χ0v) is 19.0. The number of amides is 1. The van der Waals surface area contributed by atoms with Crippen LogP contribution in [0.5, 0.6) is 0 Å². The minimum Gasteiger partial charge on any atom is -0.350 e. The van der Waals surface area contributed by atoms with Gasteiger partial charge in [0.15, 0.2) is 5.78 Å². The molecule has 33 heavy (non-hydrogen) atoms. The quantitative estimate of drug-likeness (QED) is 0.287. The number of halogens is 1. The highest BCUT2D eigenvalue weighted by molar-refractivity contribution is 8.00. The van der Waals surface area contributed by atoms with Gasteiger partial charge in [-0.3, -0.25) is 9.59 Å². The van der Waals surface area contributed by atoms with E-state index in [9.17, 15) is 14.0 Å². The molecule has 0 spiro atoms. The molecule has 1 unspecified atom stereocenters. The second-order valence-corrected chi connectivity index (χ2v) is 8.63. The van der Waals surface area contributed by atoms with E-state index in [1.165, 1.54) is 30.8 Å². The standard InChI is InChI=1S/C26H22FN3O2S/c1-16(28-17(2)31)18-7-9-19(10-8-18)24(32)15-33-26-23-6-4-3-5-22(23)25(29-30-26)20-11-13-21(27)14-12-20/h3-14,16H,15H2,1-2H3,(H,28,31). The number of rotatable bonds is 7. The first-order valence-electron chi connectivity index (χ1n) is 10.5. The van der Waals surface area contributed by atoms with E-state index in [1.54, 1.807) is 24.3 Å². The van der Waals surface area contributed by atoms with Crippen LogP contribution < -0.4 is 5.32 Å². The van der Waals surface area contributed by atoms with E-state index in [1.807, 2.05) is 43.3 Å². The molecule has 0 aliphatic carbocycles. The molecule has 1 atom stereocenters. The fourth-order valence-corrected chi connectivity index (χ4v) is 4.44. The average Bonchev–Trinajstić information content (AvgIpc) is 2.82. The Bertz CT molecular complexity index is 1310. The predicted molar refractivity (Wildman–Crippen MR) is 129 cm³/mol. The molecule has 7 heteroatoms. The van der Waals surface area contributed by atoms with Gasteiger partial charge in [-0.15, -0.1) is 10.2 Å². The smallest absolute Gasteiger partial charge is 0.217 e. The average molecular weight is 460 g/mol. The van der Waals surface area contributed by atoms with Gasteiger partial charge in [-0.25, -0.2) is 4.39 Å². The summed E-state index contributed by atoms with van der Waals surface area (Å²) in [6.45, 7) is 3.37. The maximum Gasteiger partial charge on any atom is 0.217 e. The Balaban J connectivity index is 1.52. The highest BCUT2D eigenvalue weighted by Crippen LogP contribution is 2.32. The minimum atomic E-state index is -0.306. The van der Waals surface area contributed by atoms with Crippen LogP contribution in [0.4, 0.5) is 4.39 Å². The molecule has 4 aromatic rings. The van der Waals surface area contributed by atoms with Gasteiger partial charge in [-0.05, 0) is 36.8 Å². The van der Waals surface area contributed by atoms with Crippen LogP contribution in [-0.4, -0.2) is 27.6 Å². The van der Waals surface area contributed by atoms with Crippen molar-refractivity contribution in [3.63, 3.8) is 0 Å². The van der Waals surface area contributed by atoms with Crippen molar-refractivity contribution in [2.45, 2.75) is 24.9 Å². The number of carbonyl (C=O) groups excluding carboxylic acids is 2. The monoisotopic (exact) mass is 459 g/mol. The topological polar surface area (TPSA) is 72.0 Å². The number of benzene rings is 3. The first-order chi connectivity index (χ1) is 15.9. The number of hydrogen-bond donors (Lipinski definition) is 1. The number of hydrogen-bond acceptors (Lipinski definition) is 5. The summed E-state index contributed by atoms with van der Waals surface area (Å²) in [7, 11) is 0. The summed E-state index contributed by atoms with van der Waals surface area (Å²) in [4.78, 5) is 24.0. The van der Waals surface area contributed by atoms with Crippen LogP contribution in [-0.2, 0) is 4.79 Å². The number of Topliss-reactive ketones (excluding diaryl/α,β-unsaturated/α-hetero) is 1. The summed E-state index contributed by atoms with van der Waals surface area (Å²) < 4.78 is 13.3. The lowest BCUT2D eigenvalue weighted by molar-refractivity contribution is -0.119. The highest BCUT2D eigenvalue weighted by atomic mass is 32.2. The predicted octanol–water partition coefficient (Wildman–Crippen LogP) is 5.61. The Hall–Kier alpha value is -3.58. The van der Waals surface area contributed by atoms with Crippen molar-refractivity contribution in [1.82, 2.24) is 15.5 Å². The number of fused-ring (bicyclic) bond motifs is 1. The number of nitrogens with one attached hydrogen (secondary N) is 1. The summed E-state index contributed by atoms with van der Waals surface area (Å²) in [5.41, 5.74) is 2.98. The fraction of sp³-hybridized carbons (Fsp3) is 0.154. The molecule has 5 nitrogen and oxygen atoms in total. The lowest BCUT2D eigenvalue weighted by Crippen LogP contribution is -2.23. The lowest BCUT2D eigenvalue weighted by atomic mass is 10.0. The number of ketones is 1. The Labute approximate surface area is 195 Å². The van der Waals surface area contributed by atoms with Crippen molar-refractivity contribution in [2.75, 3.05) is 5.75 Å². The van der Waals surface area contributed by atoms with Crippen LogP contribution >= 0.6 is 11.8 Å². The second kappa shape index (κ2) is 9.92. The molecule has 166 valence electrons. The molecule has 0 aliphatic heterocycles. The molecule has 1 aromatic heterocycles. The van der Waals surface area contributed by atoms with Crippen LogP contribution in [0, 0.1) is 5.82 Å². The van der Waals surface area contributed by atoms with Crippen LogP contribution in [0.2, 0.25) is 0 Å². The lowest BCUT2D eigenvalue weighted by Gasteiger charge is -2.13. The molecule has 0 saturated heterocycles. The molecule has 1 N–H and O–H groups in total. The minimum absolute atomic E-state index is 0.0211. The van der Waals surface area contributed by atoms with Gasteiger partial charge in [0.25, 0.3) is 0 Å². The van der Waals surface area contributed by atoms with Gasteiger partial charge in [0.1, 0.15) is 16.5 Å². The number of nitrogens with zero attached hydrogens (tertiary/aromatic N) is 2. The number of thioether (sulfide) groups is 1. The van der Waals surface area contributed by atoms with Crippen LogP contribution in [0.3, 0.4) is 0 Å². The molecule has 0 radical (unpaired) electrons. The van der Waals surface area contributed by atoms with Gasteiger partial charge in [-0.1, -0.05) is 60.3 Å². The first-order valence-corrected chi connectivity index (χ1v) is 11.5. The zero-order valence-electron chi connectivity index (χ0n) is 18.2. The van der Waals surface area contributed by atoms with E-state index in [-0.39, 0.29) is 29.3 Å². The van der Waals surface area contributed by atoms with Gasteiger partial charge >= 0.3 is 0 Å². The summed E-state index contributed by atoms with van der Waals surface area (Å²) in [5.74, 6) is -0.209. The third-order valence-electron chi connectivity index (χ3n) is 5.26. The molecule has 0 fully saturated rings. The Morgan fingerprint density at radius 2 is 1.61 bits per heavy atom. The van der Waals surface area contributed by atoms with Crippen molar-refractivity contribution in [1.29, 1.82) is 0 Å². The van der Waals surface area contributed by atoms with Crippen molar-refractivity contribution in [3.05, 3.63) is 89.7 Å². The molecular formula is C26H22FN3O2S. The van der Waals surface area contributed by atoms with Gasteiger partial charge in [-0.2, -0.15) is 0 Å². The summed E-state index contributed by atoms with van der Waals surface area (Å²) in [6, 6.07) is 21.0. The van der Waals surface area contributed by atoms with E-state index in [4.69, 9.17) is 0 Å². The largest absolute Gasteiger partial charge is 0.350 e. The molecule has 0 bridgehead atoms. The highest BCUT2D eigenvalue weighted by Gasteiger charge is 2.14. The van der Waals surface area contributed by atoms with Crippen molar-refractivity contribution in [3.8, 4) is 11.3 Å². The van der Waals surface area contributed by atoms with Gasteiger partial charge in [0, 0.05) is 28.8 Å². The molecular weight excluding hydrogens is 437 g/mol. The molecule has 3 aromatic carbocycles. The maximum atomic E-state index is 13.3. The third kappa shape index (κ3) is 5.26. The van der Waals surface area contributed by atoms with Crippen molar-refractivity contribution < 1.29 is 14.0 Å². The zero-order chi connectivity index (χ0) is 23.4. The Morgan fingerprint density at radius 1 is 0.939 bits per heavy atom. The first kappa shape index (κ1) is 22.6. The number of aromatic nitrogens is 2. The Kier molecular flexibility index (Phi) is 6.79. The second-order valence-electron chi connectivity index (χ2n) is 7.66. The van der Waals surface area contributed by atoms with Crippen LogP contribution in [0.1, 0.15) is 35.8 Å². The molecule has 0 saturated carbocycles.